The van der Waals surface area contributed by atoms with E-state index in [0.29, 0.717) is 12.5 Å². The van der Waals surface area contributed by atoms with Crippen molar-refractivity contribution >= 4 is 0 Å². The van der Waals surface area contributed by atoms with E-state index < -0.39 is 0 Å². The molecule has 0 fully saturated rings. The second-order valence-electron chi connectivity index (χ2n) is 3.22. The molecule has 1 heterocycles. The summed E-state index contributed by atoms with van der Waals surface area (Å²) in [5, 5.41) is 11.6. The number of aliphatic hydroxyl groups excluding tert-OH is 1. The highest BCUT2D eigenvalue weighted by atomic mass is 16.5. The van der Waals surface area contributed by atoms with Crippen molar-refractivity contribution < 1.29 is 9.84 Å². The summed E-state index contributed by atoms with van der Waals surface area (Å²) in [5.74, 6) is 1.66. The molecular weight excluding hydrogens is 154 g/mol. The third-order valence-electron chi connectivity index (χ3n) is 1.89. The lowest BCUT2D eigenvalue weighted by molar-refractivity contribution is 0.148. The van der Waals surface area contributed by atoms with Crippen molar-refractivity contribution in [3.63, 3.8) is 0 Å². The second-order valence-corrected chi connectivity index (χ2v) is 3.22. The fourth-order valence-corrected chi connectivity index (χ4v) is 1.12. The summed E-state index contributed by atoms with van der Waals surface area (Å²) in [7, 11) is 0. The fraction of sp³-hybridized carbons (Fsp3) is 0.778. The molecule has 0 aromatic carbocycles. The van der Waals surface area contributed by atoms with Gasteiger partial charge in [-0.3, -0.25) is 0 Å². The lowest BCUT2D eigenvalue weighted by Gasteiger charge is -2.20. The number of rotatable bonds is 4. The lowest BCUT2D eigenvalue weighted by atomic mass is 10.1. The molecule has 0 aromatic heterocycles. The Bertz CT molecular complexity index is 157. The molecule has 0 aliphatic carbocycles. The monoisotopic (exact) mass is 171 g/mol. The normalized spacial score (nSPS) is 23.2. The van der Waals surface area contributed by atoms with Gasteiger partial charge in [-0.25, -0.2) is 0 Å². The van der Waals surface area contributed by atoms with Crippen molar-refractivity contribution in [3.05, 3.63) is 11.8 Å². The standard InChI is InChI=1S/C9H17NO2/c1-8-2-3-9(12-7-8)6-10-4-5-11/h3,8,10-11H,2,4-7H2,1H3. The quantitative estimate of drug-likeness (QED) is 0.605. The van der Waals surface area contributed by atoms with E-state index in [4.69, 9.17) is 9.84 Å². The molecule has 0 radical (unpaired) electrons. The van der Waals surface area contributed by atoms with Gasteiger partial charge in [-0.05, 0) is 18.4 Å². The largest absolute Gasteiger partial charge is 0.497 e. The van der Waals surface area contributed by atoms with E-state index in [9.17, 15) is 0 Å². The predicted molar refractivity (Wildman–Crippen MR) is 47.8 cm³/mol. The third-order valence-corrected chi connectivity index (χ3v) is 1.89. The minimum absolute atomic E-state index is 0.184. The van der Waals surface area contributed by atoms with E-state index in [1.54, 1.807) is 0 Å². The lowest BCUT2D eigenvalue weighted by Crippen LogP contribution is -2.24. The van der Waals surface area contributed by atoms with Gasteiger partial charge in [0.1, 0.15) is 5.76 Å². The van der Waals surface area contributed by atoms with E-state index in [0.717, 1.165) is 25.3 Å². The van der Waals surface area contributed by atoms with Crippen LogP contribution in [-0.4, -0.2) is 31.4 Å². The van der Waals surface area contributed by atoms with Gasteiger partial charge in [-0.1, -0.05) is 6.92 Å². The van der Waals surface area contributed by atoms with Crippen LogP contribution in [0, 0.1) is 5.92 Å². The van der Waals surface area contributed by atoms with Gasteiger partial charge >= 0.3 is 0 Å². The van der Waals surface area contributed by atoms with Crippen molar-refractivity contribution in [2.75, 3.05) is 26.3 Å². The molecule has 3 nitrogen and oxygen atoms in total. The minimum Gasteiger partial charge on any atom is -0.497 e. The number of ether oxygens (including phenoxy) is 1. The molecule has 12 heavy (non-hydrogen) atoms. The number of hydrogen-bond acceptors (Lipinski definition) is 3. The van der Waals surface area contributed by atoms with Crippen LogP contribution in [0.15, 0.2) is 11.8 Å². The highest BCUT2D eigenvalue weighted by Gasteiger charge is 2.09. The third kappa shape index (κ3) is 3.24. The zero-order valence-corrected chi connectivity index (χ0v) is 7.55. The molecule has 1 rings (SSSR count). The fourth-order valence-electron chi connectivity index (χ4n) is 1.12. The van der Waals surface area contributed by atoms with E-state index in [1.807, 2.05) is 0 Å². The molecule has 1 atom stereocenters. The van der Waals surface area contributed by atoms with Crippen LogP contribution in [0.1, 0.15) is 13.3 Å². The Labute approximate surface area is 73.4 Å². The Morgan fingerprint density at radius 3 is 3.17 bits per heavy atom. The van der Waals surface area contributed by atoms with Gasteiger partial charge in [0, 0.05) is 6.54 Å². The van der Waals surface area contributed by atoms with E-state index in [1.165, 1.54) is 0 Å². The van der Waals surface area contributed by atoms with Crippen LogP contribution >= 0.6 is 0 Å². The van der Waals surface area contributed by atoms with E-state index >= 15 is 0 Å². The summed E-state index contributed by atoms with van der Waals surface area (Å²) in [6.07, 6.45) is 3.23. The number of nitrogens with one attached hydrogen (secondary N) is 1. The van der Waals surface area contributed by atoms with Crippen molar-refractivity contribution in [2.45, 2.75) is 13.3 Å². The Hall–Kier alpha value is -0.540. The van der Waals surface area contributed by atoms with Crippen LogP contribution in [0.25, 0.3) is 0 Å². The topological polar surface area (TPSA) is 41.5 Å². The summed E-state index contributed by atoms with van der Waals surface area (Å²) < 4.78 is 5.45. The summed E-state index contributed by atoms with van der Waals surface area (Å²) in [6, 6.07) is 0. The number of hydrogen-bond donors (Lipinski definition) is 2. The van der Waals surface area contributed by atoms with Gasteiger partial charge in [-0.15, -0.1) is 0 Å². The molecule has 0 amide bonds. The number of aliphatic hydroxyl groups is 1. The first-order valence-electron chi connectivity index (χ1n) is 4.46. The predicted octanol–water partition coefficient (Wildman–Crippen LogP) is 0.509. The first kappa shape index (κ1) is 9.55. The van der Waals surface area contributed by atoms with Crippen LogP contribution in [0.2, 0.25) is 0 Å². The van der Waals surface area contributed by atoms with Crippen LogP contribution in [0.5, 0.6) is 0 Å². The molecule has 3 heteroatoms. The summed E-state index contributed by atoms with van der Waals surface area (Å²) in [6.45, 7) is 4.56. The zero-order chi connectivity index (χ0) is 8.81. The molecule has 1 aliphatic rings. The second kappa shape index (κ2) is 5.17. The van der Waals surface area contributed by atoms with Crippen LogP contribution in [0.4, 0.5) is 0 Å². The molecule has 0 spiro atoms. The maximum absolute atomic E-state index is 8.52. The van der Waals surface area contributed by atoms with Gasteiger partial charge in [-0.2, -0.15) is 0 Å². The first-order chi connectivity index (χ1) is 5.83. The summed E-state index contributed by atoms with van der Waals surface area (Å²) >= 11 is 0. The van der Waals surface area contributed by atoms with Gasteiger partial charge in [0.25, 0.3) is 0 Å². The van der Waals surface area contributed by atoms with E-state index in [-0.39, 0.29) is 6.61 Å². The summed E-state index contributed by atoms with van der Waals surface area (Å²) in [4.78, 5) is 0. The van der Waals surface area contributed by atoms with Gasteiger partial charge in [0.15, 0.2) is 0 Å². The van der Waals surface area contributed by atoms with Gasteiger partial charge < -0.3 is 15.2 Å². The van der Waals surface area contributed by atoms with Crippen molar-refractivity contribution in [3.8, 4) is 0 Å². The molecule has 0 saturated heterocycles. The maximum atomic E-state index is 8.52. The van der Waals surface area contributed by atoms with Crippen LogP contribution in [-0.2, 0) is 4.74 Å². The number of allylic oxidation sites excluding steroid dienone is 1. The first-order valence-corrected chi connectivity index (χ1v) is 4.46. The molecule has 1 aliphatic heterocycles. The molecule has 2 N–H and O–H groups in total. The highest BCUT2D eigenvalue weighted by Crippen LogP contribution is 2.14. The molecule has 0 aromatic rings. The Kier molecular flexibility index (Phi) is 4.11. The van der Waals surface area contributed by atoms with Crippen molar-refractivity contribution in [1.82, 2.24) is 5.32 Å². The Balaban J connectivity index is 2.15. The molecule has 0 saturated carbocycles. The maximum Gasteiger partial charge on any atom is 0.106 e. The molecular formula is C9H17NO2. The molecule has 1 unspecified atom stereocenters. The van der Waals surface area contributed by atoms with Crippen molar-refractivity contribution in [1.29, 1.82) is 0 Å². The molecule has 0 bridgehead atoms. The molecule has 70 valence electrons. The summed E-state index contributed by atoms with van der Waals surface area (Å²) in [5.41, 5.74) is 0. The Morgan fingerprint density at radius 2 is 2.58 bits per heavy atom. The zero-order valence-electron chi connectivity index (χ0n) is 7.55. The average Bonchev–Trinajstić information content (AvgIpc) is 2.09. The van der Waals surface area contributed by atoms with Crippen LogP contribution in [0.3, 0.4) is 0 Å². The minimum atomic E-state index is 0.184. The highest BCUT2D eigenvalue weighted by molar-refractivity contribution is 4.99. The Morgan fingerprint density at radius 1 is 1.75 bits per heavy atom. The van der Waals surface area contributed by atoms with E-state index in [2.05, 4.69) is 18.3 Å². The van der Waals surface area contributed by atoms with Gasteiger partial charge in [0.05, 0.1) is 19.8 Å². The average molecular weight is 171 g/mol. The van der Waals surface area contributed by atoms with Crippen LogP contribution < -0.4 is 5.32 Å². The smallest absolute Gasteiger partial charge is 0.106 e. The van der Waals surface area contributed by atoms with Gasteiger partial charge in [0.2, 0.25) is 0 Å². The SMILES string of the molecule is CC1CC=C(CNCCO)OC1. The van der Waals surface area contributed by atoms with Crippen molar-refractivity contribution in [2.24, 2.45) is 5.92 Å².